The van der Waals surface area contributed by atoms with Crippen molar-refractivity contribution < 1.29 is 9.47 Å². The molecule has 0 unspecified atom stereocenters. The number of nitrogens with two attached hydrogens (primary N) is 1. The van der Waals surface area contributed by atoms with Crippen LogP contribution in [0, 0.1) is 0 Å². The van der Waals surface area contributed by atoms with Gasteiger partial charge in [0.05, 0.1) is 18.6 Å². The second kappa shape index (κ2) is 7.24. The van der Waals surface area contributed by atoms with Crippen LogP contribution in [-0.4, -0.2) is 18.2 Å². The van der Waals surface area contributed by atoms with Crippen LogP contribution in [-0.2, 0) is 0 Å². The molecule has 4 heteroatoms. The highest BCUT2D eigenvalue weighted by atomic mass is 16.5. The number of hydrogen-bond acceptors (Lipinski definition) is 4. The lowest BCUT2D eigenvalue weighted by Crippen LogP contribution is -2.19. The average molecular weight is 348 g/mol. The Morgan fingerprint density at radius 2 is 1.81 bits per heavy atom. The van der Waals surface area contributed by atoms with Crippen molar-refractivity contribution in [1.29, 1.82) is 0 Å². The first-order valence-electron chi connectivity index (χ1n) is 9.24. The largest absolute Gasteiger partial charge is 0.496 e. The zero-order valence-electron chi connectivity index (χ0n) is 15.1. The average Bonchev–Trinajstić information content (AvgIpc) is 2.69. The lowest BCUT2D eigenvalue weighted by atomic mass is 9.97. The van der Waals surface area contributed by atoms with Gasteiger partial charge in [-0.2, -0.15) is 0 Å². The monoisotopic (exact) mass is 348 g/mol. The number of nitrogen functional groups attached to an aromatic ring is 1. The van der Waals surface area contributed by atoms with Crippen LogP contribution in [0.4, 0.5) is 5.82 Å². The van der Waals surface area contributed by atoms with Crippen LogP contribution in [0.15, 0.2) is 48.7 Å². The highest BCUT2D eigenvalue weighted by Gasteiger charge is 2.18. The van der Waals surface area contributed by atoms with Crippen LogP contribution in [0.2, 0.25) is 0 Å². The van der Waals surface area contributed by atoms with Gasteiger partial charge in [0.1, 0.15) is 17.3 Å². The van der Waals surface area contributed by atoms with E-state index in [0.29, 0.717) is 11.6 Å². The molecule has 2 aromatic carbocycles. The van der Waals surface area contributed by atoms with E-state index in [4.69, 9.17) is 15.2 Å². The number of aromatic nitrogens is 1. The van der Waals surface area contributed by atoms with Gasteiger partial charge >= 0.3 is 0 Å². The van der Waals surface area contributed by atoms with Gasteiger partial charge in [0, 0.05) is 23.2 Å². The normalized spacial score (nSPS) is 15.1. The zero-order chi connectivity index (χ0) is 17.9. The number of nitrogens with zero attached hydrogens (tertiary/aromatic N) is 1. The van der Waals surface area contributed by atoms with Gasteiger partial charge in [0.2, 0.25) is 0 Å². The molecule has 4 nitrogen and oxygen atoms in total. The topological polar surface area (TPSA) is 57.4 Å². The molecule has 2 N–H and O–H groups in total. The minimum absolute atomic E-state index is 0.283. The van der Waals surface area contributed by atoms with E-state index in [9.17, 15) is 0 Å². The van der Waals surface area contributed by atoms with E-state index in [1.807, 2.05) is 30.5 Å². The Hall–Kier alpha value is -2.75. The molecule has 26 heavy (non-hydrogen) atoms. The molecule has 1 saturated carbocycles. The van der Waals surface area contributed by atoms with Gasteiger partial charge in [-0.25, -0.2) is 4.98 Å². The molecule has 0 spiro atoms. The summed E-state index contributed by atoms with van der Waals surface area (Å²) in [5.41, 5.74) is 8.31. The first-order chi connectivity index (χ1) is 12.8. The Morgan fingerprint density at radius 1 is 1.04 bits per heavy atom. The fourth-order valence-corrected chi connectivity index (χ4v) is 3.79. The van der Waals surface area contributed by atoms with Gasteiger partial charge in [0.25, 0.3) is 0 Å². The predicted molar refractivity (Wildman–Crippen MR) is 106 cm³/mol. The van der Waals surface area contributed by atoms with E-state index >= 15 is 0 Å². The third-order valence-electron chi connectivity index (χ3n) is 5.11. The summed E-state index contributed by atoms with van der Waals surface area (Å²) in [6, 6.07) is 14.2. The number of anilines is 1. The summed E-state index contributed by atoms with van der Waals surface area (Å²) >= 11 is 0. The first kappa shape index (κ1) is 16.7. The van der Waals surface area contributed by atoms with Gasteiger partial charge in [-0.15, -0.1) is 0 Å². The number of rotatable bonds is 4. The van der Waals surface area contributed by atoms with E-state index in [-0.39, 0.29) is 6.10 Å². The van der Waals surface area contributed by atoms with Gasteiger partial charge in [-0.3, -0.25) is 0 Å². The molecule has 0 aliphatic heterocycles. The van der Waals surface area contributed by atoms with Crippen molar-refractivity contribution in [1.82, 2.24) is 4.98 Å². The van der Waals surface area contributed by atoms with Crippen molar-refractivity contribution in [3.63, 3.8) is 0 Å². The van der Waals surface area contributed by atoms with Crippen LogP contribution in [0.5, 0.6) is 11.5 Å². The molecule has 1 aromatic heterocycles. The van der Waals surface area contributed by atoms with Gasteiger partial charge < -0.3 is 15.2 Å². The van der Waals surface area contributed by atoms with Crippen molar-refractivity contribution in [2.24, 2.45) is 0 Å². The van der Waals surface area contributed by atoms with Gasteiger partial charge in [-0.1, -0.05) is 36.8 Å². The van der Waals surface area contributed by atoms with Crippen molar-refractivity contribution in [2.75, 3.05) is 12.8 Å². The second-order valence-corrected chi connectivity index (χ2v) is 6.85. The number of fused-ring (bicyclic) bond motifs is 1. The predicted octanol–water partition coefficient (Wildman–Crippen LogP) is 5.20. The van der Waals surface area contributed by atoms with Gasteiger partial charge in [0.15, 0.2) is 0 Å². The first-order valence-corrected chi connectivity index (χ1v) is 9.24. The maximum atomic E-state index is 6.30. The molecule has 0 bridgehead atoms. The van der Waals surface area contributed by atoms with Crippen LogP contribution >= 0.6 is 0 Å². The molecule has 3 aromatic rings. The van der Waals surface area contributed by atoms with Crippen molar-refractivity contribution >= 4 is 16.6 Å². The lowest BCUT2D eigenvalue weighted by Gasteiger charge is -2.24. The zero-order valence-corrected chi connectivity index (χ0v) is 15.1. The molecule has 0 amide bonds. The van der Waals surface area contributed by atoms with Crippen LogP contribution in [0.1, 0.15) is 32.1 Å². The number of ether oxygens (including phenoxy) is 2. The number of benzene rings is 2. The second-order valence-electron chi connectivity index (χ2n) is 6.85. The Labute approximate surface area is 154 Å². The molecule has 1 aliphatic carbocycles. The highest BCUT2D eigenvalue weighted by Crippen LogP contribution is 2.40. The maximum Gasteiger partial charge on any atom is 0.135 e. The maximum absolute atomic E-state index is 6.30. The Bertz CT molecular complexity index is 903. The summed E-state index contributed by atoms with van der Waals surface area (Å²) in [7, 11) is 1.66. The molecule has 0 atom stereocenters. The van der Waals surface area contributed by atoms with Crippen molar-refractivity contribution in [2.45, 2.75) is 38.2 Å². The third-order valence-corrected chi connectivity index (χ3v) is 5.11. The van der Waals surface area contributed by atoms with E-state index in [1.54, 1.807) is 7.11 Å². The third kappa shape index (κ3) is 3.19. The summed E-state index contributed by atoms with van der Waals surface area (Å²) in [6.07, 6.45) is 8.13. The molecule has 134 valence electrons. The number of methoxy groups -OCH3 is 1. The molecule has 1 aliphatic rings. The smallest absolute Gasteiger partial charge is 0.135 e. The van der Waals surface area contributed by atoms with Crippen LogP contribution < -0.4 is 15.2 Å². The molecule has 1 heterocycles. The lowest BCUT2D eigenvalue weighted by molar-refractivity contribution is 0.155. The summed E-state index contributed by atoms with van der Waals surface area (Å²) in [5, 5.41) is 1.85. The summed E-state index contributed by atoms with van der Waals surface area (Å²) in [6.45, 7) is 0. The minimum atomic E-state index is 0.283. The molecule has 4 rings (SSSR count). The highest BCUT2D eigenvalue weighted by molar-refractivity contribution is 6.05. The standard InChI is InChI=1S/C22H24N2O2/c1-25-20-13-17(26-16-10-6-3-7-11-16)12-18-19(14-24-22(23)21(18)20)15-8-4-2-5-9-15/h2,4-5,8-9,12-14,16H,3,6-7,10-11H2,1H3,(H2,23,24). The Kier molecular flexibility index (Phi) is 4.65. The Morgan fingerprint density at radius 3 is 2.54 bits per heavy atom. The van der Waals surface area contributed by atoms with Crippen molar-refractivity contribution in [3.8, 4) is 22.6 Å². The molecule has 1 fully saturated rings. The summed E-state index contributed by atoms with van der Waals surface area (Å²) in [5.74, 6) is 2.01. The van der Waals surface area contributed by atoms with Crippen LogP contribution in [0.3, 0.4) is 0 Å². The van der Waals surface area contributed by atoms with E-state index in [1.165, 1.54) is 19.3 Å². The fourth-order valence-electron chi connectivity index (χ4n) is 3.79. The molecular formula is C22H24N2O2. The SMILES string of the molecule is COc1cc(OC2CCCCC2)cc2c(-c3ccccc3)cnc(N)c12. The number of pyridine rings is 1. The van der Waals surface area contributed by atoms with E-state index < -0.39 is 0 Å². The van der Waals surface area contributed by atoms with E-state index in [0.717, 1.165) is 40.5 Å². The minimum Gasteiger partial charge on any atom is -0.496 e. The molecular weight excluding hydrogens is 324 g/mol. The fraction of sp³-hybridized carbons (Fsp3) is 0.318. The summed E-state index contributed by atoms with van der Waals surface area (Å²) < 4.78 is 11.9. The number of hydrogen-bond donors (Lipinski definition) is 1. The Balaban J connectivity index is 1.85. The van der Waals surface area contributed by atoms with Crippen molar-refractivity contribution in [3.05, 3.63) is 48.7 Å². The quantitative estimate of drug-likeness (QED) is 0.703. The van der Waals surface area contributed by atoms with Gasteiger partial charge in [-0.05, 0) is 37.3 Å². The van der Waals surface area contributed by atoms with E-state index in [2.05, 4.69) is 23.2 Å². The summed E-state index contributed by atoms with van der Waals surface area (Å²) in [4.78, 5) is 4.39. The molecule has 0 saturated heterocycles. The molecule has 0 radical (unpaired) electrons. The van der Waals surface area contributed by atoms with Crippen LogP contribution in [0.25, 0.3) is 21.9 Å².